The highest BCUT2D eigenvalue weighted by Crippen LogP contribution is 2.40. The molecule has 9 heteroatoms. The minimum Gasteiger partial charge on any atom is -0.432 e. The zero-order chi connectivity index (χ0) is 20.5. The Hall–Kier alpha value is -3.22. The summed E-state index contributed by atoms with van der Waals surface area (Å²) in [6, 6.07) is 13.7. The number of oxazole rings is 1. The smallest absolute Gasteiger partial charge is 0.311 e. The minimum atomic E-state index is -1.85. The number of hydrogen-bond donors (Lipinski definition) is 3. The number of aromatic nitrogens is 1. The first-order valence-electron chi connectivity index (χ1n) is 8.32. The van der Waals surface area contributed by atoms with Crippen molar-refractivity contribution >= 4 is 45.6 Å². The van der Waals surface area contributed by atoms with Crippen LogP contribution >= 0.6 is 22.9 Å². The zero-order valence-corrected chi connectivity index (χ0v) is 16.2. The van der Waals surface area contributed by atoms with E-state index in [9.17, 15) is 20.3 Å². The number of nitrogens with zero attached hydrogens (tertiary/aromatic N) is 2. The van der Waals surface area contributed by atoms with Crippen molar-refractivity contribution in [2.24, 2.45) is 0 Å². The monoisotopic (exact) mass is 425 g/mol. The fourth-order valence-electron chi connectivity index (χ4n) is 2.84. The predicted octanol–water partition coefficient (Wildman–Crippen LogP) is 4.32. The molecule has 0 unspecified atom stereocenters. The Morgan fingerprint density at radius 3 is 2.79 bits per heavy atom. The molecule has 0 atom stereocenters. The molecule has 0 spiro atoms. The fraction of sp³-hybridized carbons (Fsp3) is 0.0500. The maximum Gasteiger partial charge on any atom is 0.311 e. The molecule has 0 radical (unpaired) electrons. The van der Waals surface area contributed by atoms with Gasteiger partial charge in [-0.15, -0.1) is 11.3 Å². The van der Waals surface area contributed by atoms with Crippen LogP contribution in [0.25, 0.3) is 21.5 Å². The molecule has 0 aliphatic rings. The maximum atomic E-state index is 12.6. The van der Waals surface area contributed by atoms with E-state index in [0.717, 1.165) is 0 Å². The molecular formula is C20H12ClN3O4S. The number of hydrogen-bond acceptors (Lipinski definition) is 7. The van der Waals surface area contributed by atoms with Crippen molar-refractivity contribution in [2.75, 3.05) is 5.32 Å². The molecule has 0 saturated heterocycles. The summed E-state index contributed by atoms with van der Waals surface area (Å²) >= 11 is 7.16. The number of anilines is 1. The molecule has 29 heavy (non-hydrogen) atoms. The highest BCUT2D eigenvalue weighted by atomic mass is 35.5. The van der Waals surface area contributed by atoms with Crippen LogP contribution in [0.5, 0.6) is 0 Å². The van der Waals surface area contributed by atoms with Gasteiger partial charge in [0.05, 0.1) is 16.3 Å². The van der Waals surface area contributed by atoms with E-state index in [1.165, 1.54) is 11.3 Å². The Bertz CT molecular complexity index is 1240. The van der Waals surface area contributed by atoms with E-state index in [1.54, 1.807) is 47.8 Å². The number of para-hydroxylation sites is 2. The van der Waals surface area contributed by atoms with Crippen molar-refractivity contribution in [1.82, 2.24) is 4.98 Å². The van der Waals surface area contributed by atoms with Crippen LogP contribution in [0.15, 0.2) is 52.3 Å². The van der Waals surface area contributed by atoms with E-state index in [1.807, 2.05) is 6.07 Å². The van der Waals surface area contributed by atoms with E-state index < -0.39 is 12.2 Å². The second-order valence-electron chi connectivity index (χ2n) is 6.01. The molecule has 1 amide bonds. The molecule has 0 bridgehead atoms. The van der Waals surface area contributed by atoms with Crippen LogP contribution in [0.1, 0.15) is 28.1 Å². The summed E-state index contributed by atoms with van der Waals surface area (Å²) in [4.78, 5) is 17.2. The van der Waals surface area contributed by atoms with E-state index in [2.05, 4.69) is 10.3 Å². The molecule has 0 saturated carbocycles. The SMILES string of the molecule is N#Cc1cc(-c2scc(NC(=O)c3nc4ccccc4o3)c2C(O)O)ccc1Cl. The van der Waals surface area contributed by atoms with Gasteiger partial charge in [0.15, 0.2) is 11.9 Å². The van der Waals surface area contributed by atoms with Crippen LogP contribution in [0.2, 0.25) is 5.02 Å². The van der Waals surface area contributed by atoms with Gasteiger partial charge in [0.25, 0.3) is 5.89 Å². The minimum absolute atomic E-state index is 0.102. The number of fused-ring (bicyclic) bond motifs is 1. The number of rotatable bonds is 4. The Balaban J connectivity index is 1.70. The molecule has 4 aromatic rings. The normalized spacial score (nSPS) is 11.0. The quantitative estimate of drug-likeness (QED) is 0.419. The number of benzene rings is 2. The first kappa shape index (κ1) is 19.1. The average Bonchev–Trinajstić information content (AvgIpc) is 3.32. The molecule has 3 N–H and O–H groups in total. The zero-order valence-electron chi connectivity index (χ0n) is 14.6. The summed E-state index contributed by atoms with van der Waals surface area (Å²) < 4.78 is 5.44. The highest BCUT2D eigenvalue weighted by molar-refractivity contribution is 7.14. The maximum absolute atomic E-state index is 12.6. The fourth-order valence-corrected chi connectivity index (χ4v) is 4.03. The summed E-state index contributed by atoms with van der Waals surface area (Å²) in [6.45, 7) is 0. The van der Waals surface area contributed by atoms with Gasteiger partial charge in [-0.3, -0.25) is 4.79 Å². The van der Waals surface area contributed by atoms with Crippen molar-refractivity contribution in [3.8, 4) is 16.5 Å². The third-order valence-corrected chi connectivity index (χ3v) is 5.55. The van der Waals surface area contributed by atoms with Crippen LogP contribution < -0.4 is 5.32 Å². The number of halogens is 1. The summed E-state index contributed by atoms with van der Waals surface area (Å²) in [7, 11) is 0. The topological polar surface area (TPSA) is 119 Å². The van der Waals surface area contributed by atoms with Gasteiger partial charge in [-0.05, 0) is 29.8 Å². The number of thiophene rings is 1. The van der Waals surface area contributed by atoms with E-state index in [4.69, 9.17) is 16.0 Å². The summed E-state index contributed by atoms with van der Waals surface area (Å²) in [5.41, 5.74) is 2.15. The van der Waals surface area contributed by atoms with E-state index >= 15 is 0 Å². The van der Waals surface area contributed by atoms with Crippen LogP contribution in [0, 0.1) is 11.3 Å². The third kappa shape index (κ3) is 3.60. The van der Waals surface area contributed by atoms with Crippen LogP contribution in [0.4, 0.5) is 5.69 Å². The molecular weight excluding hydrogens is 414 g/mol. The Kier molecular flexibility index (Phi) is 5.05. The lowest BCUT2D eigenvalue weighted by atomic mass is 10.1. The summed E-state index contributed by atoms with van der Waals surface area (Å²) in [6.07, 6.45) is -1.85. The molecule has 0 fully saturated rings. The largest absolute Gasteiger partial charge is 0.432 e. The number of nitriles is 1. The van der Waals surface area contributed by atoms with Gasteiger partial charge in [-0.1, -0.05) is 29.8 Å². The summed E-state index contributed by atoms with van der Waals surface area (Å²) in [5.74, 6) is -0.767. The van der Waals surface area contributed by atoms with Gasteiger partial charge in [0.1, 0.15) is 11.6 Å². The van der Waals surface area contributed by atoms with Gasteiger partial charge in [0.2, 0.25) is 0 Å². The first-order valence-corrected chi connectivity index (χ1v) is 9.58. The molecule has 4 rings (SSSR count). The van der Waals surface area contributed by atoms with Gasteiger partial charge in [-0.25, -0.2) is 4.98 Å². The van der Waals surface area contributed by atoms with E-state index in [0.29, 0.717) is 26.6 Å². The van der Waals surface area contributed by atoms with Crippen molar-refractivity contribution in [3.05, 3.63) is 69.9 Å². The number of carbonyl (C=O) groups excluding carboxylic acids is 1. The molecule has 0 aliphatic carbocycles. The number of aliphatic hydroxyl groups excluding tert-OH is 1. The van der Waals surface area contributed by atoms with Gasteiger partial charge in [0, 0.05) is 15.8 Å². The third-order valence-electron chi connectivity index (χ3n) is 4.17. The lowest BCUT2D eigenvalue weighted by molar-refractivity contribution is -0.0411. The van der Waals surface area contributed by atoms with Gasteiger partial charge < -0.3 is 19.9 Å². The Labute approximate surface area is 173 Å². The number of amides is 1. The first-order chi connectivity index (χ1) is 14.0. The lowest BCUT2D eigenvalue weighted by Crippen LogP contribution is -2.14. The van der Waals surface area contributed by atoms with Gasteiger partial charge in [-0.2, -0.15) is 5.26 Å². The summed E-state index contributed by atoms with van der Waals surface area (Å²) in [5, 5.41) is 33.4. The molecule has 0 aliphatic heterocycles. The van der Waals surface area contributed by atoms with E-state index in [-0.39, 0.29) is 22.7 Å². The standard InChI is InChI=1S/C20H12ClN3O4S/c21-12-6-5-10(7-11(12)8-22)17-16(20(26)27)14(9-29-17)23-18(25)19-24-13-3-1-2-4-15(13)28-19/h1-7,9,20,26-27H,(H,23,25). The molecule has 7 nitrogen and oxygen atoms in total. The lowest BCUT2D eigenvalue weighted by Gasteiger charge is -2.10. The highest BCUT2D eigenvalue weighted by Gasteiger charge is 2.23. The van der Waals surface area contributed by atoms with Crippen molar-refractivity contribution < 1.29 is 19.4 Å². The predicted molar refractivity (Wildman–Crippen MR) is 109 cm³/mol. The second kappa shape index (κ2) is 7.66. The van der Waals surface area contributed by atoms with Crippen molar-refractivity contribution in [1.29, 1.82) is 5.26 Å². The Morgan fingerprint density at radius 2 is 2.07 bits per heavy atom. The number of aliphatic hydroxyl groups is 2. The van der Waals surface area contributed by atoms with Crippen LogP contribution in [-0.2, 0) is 0 Å². The molecule has 2 aromatic heterocycles. The number of carbonyl (C=O) groups is 1. The molecule has 2 heterocycles. The van der Waals surface area contributed by atoms with Crippen molar-refractivity contribution in [3.63, 3.8) is 0 Å². The van der Waals surface area contributed by atoms with Crippen LogP contribution in [-0.4, -0.2) is 21.1 Å². The second-order valence-corrected chi connectivity index (χ2v) is 7.30. The van der Waals surface area contributed by atoms with Gasteiger partial charge >= 0.3 is 5.91 Å². The average molecular weight is 426 g/mol. The number of nitrogens with one attached hydrogen (secondary N) is 1. The van der Waals surface area contributed by atoms with Crippen LogP contribution in [0.3, 0.4) is 0 Å². The Morgan fingerprint density at radius 1 is 1.28 bits per heavy atom. The molecule has 2 aromatic carbocycles. The van der Waals surface area contributed by atoms with Crippen molar-refractivity contribution in [2.45, 2.75) is 6.29 Å². The molecule has 144 valence electrons.